The largest absolute Gasteiger partial charge is 0.352 e. The topological polar surface area (TPSA) is 58.2 Å². The number of amides is 2. The van der Waals surface area contributed by atoms with Crippen LogP contribution in [-0.2, 0) is 9.59 Å². The molecule has 2 N–H and O–H groups in total. The summed E-state index contributed by atoms with van der Waals surface area (Å²) in [5.74, 6) is 1.94. The molecule has 0 aromatic heterocycles. The Morgan fingerprint density at radius 1 is 1.03 bits per heavy atom. The third-order valence-electron chi connectivity index (χ3n) is 9.73. The molecule has 31 heavy (non-hydrogen) atoms. The first-order chi connectivity index (χ1) is 14.9. The Morgan fingerprint density at radius 2 is 1.81 bits per heavy atom. The van der Waals surface area contributed by atoms with Crippen molar-refractivity contribution in [1.82, 2.24) is 10.6 Å². The number of rotatable bonds is 8. The number of carbonyl (C=O) groups excluding carboxylic acids is 2. The number of hydrogen-bond acceptors (Lipinski definition) is 2. The average molecular weight is 429 g/mol. The first-order valence-corrected chi connectivity index (χ1v) is 13.2. The molecule has 4 aliphatic rings. The van der Waals surface area contributed by atoms with Crippen LogP contribution in [0.3, 0.4) is 0 Å². The molecule has 4 heteroatoms. The molecule has 2 amide bonds. The molecular weight excluding hydrogens is 384 g/mol. The Balaban J connectivity index is 1.46. The molecule has 174 valence electrons. The summed E-state index contributed by atoms with van der Waals surface area (Å²) < 4.78 is 0. The minimum absolute atomic E-state index is 0.0105. The predicted molar refractivity (Wildman–Crippen MR) is 125 cm³/mol. The van der Waals surface area contributed by atoms with Crippen molar-refractivity contribution in [3.8, 4) is 0 Å². The third kappa shape index (κ3) is 4.20. The van der Waals surface area contributed by atoms with Gasteiger partial charge in [-0.15, -0.1) is 0 Å². The molecular formula is C27H44N2O2. The lowest BCUT2D eigenvalue weighted by atomic mass is 9.47. The van der Waals surface area contributed by atoms with Crippen molar-refractivity contribution in [1.29, 1.82) is 0 Å². The van der Waals surface area contributed by atoms with E-state index >= 15 is 0 Å². The number of nitrogens with one attached hydrogen (secondary N) is 2. The smallest absolute Gasteiger partial charge is 0.248 e. The Kier molecular flexibility index (Phi) is 6.84. The van der Waals surface area contributed by atoms with Gasteiger partial charge in [0.15, 0.2) is 0 Å². The monoisotopic (exact) mass is 428 g/mol. The molecule has 3 fully saturated rings. The van der Waals surface area contributed by atoms with Crippen molar-refractivity contribution >= 4 is 11.8 Å². The normalized spacial score (nSPS) is 39.1. The van der Waals surface area contributed by atoms with Gasteiger partial charge >= 0.3 is 0 Å². The van der Waals surface area contributed by atoms with E-state index in [0.29, 0.717) is 17.3 Å². The molecule has 0 aromatic carbocycles. The van der Waals surface area contributed by atoms with E-state index in [0.717, 1.165) is 30.9 Å². The summed E-state index contributed by atoms with van der Waals surface area (Å²) in [4.78, 5) is 25.8. The number of carbonyl (C=O) groups is 2. The van der Waals surface area contributed by atoms with Crippen molar-refractivity contribution < 1.29 is 9.59 Å². The van der Waals surface area contributed by atoms with Crippen LogP contribution in [0.15, 0.2) is 11.6 Å². The van der Waals surface area contributed by atoms with Crippen LogP contribution in [0, 0.1) is 28.6 Å². The summed E-state index contributed by atoms with van der Waals surface area (Å²) >= 11 is 0. The summed E-state index contributed by atoms with van der Waals surface area (Å²) in [5, 5.41) is 6.43. The molecule has 6 atom stereocenters. The second kappa shape index (κ2) is 9.27. The zero-order chi connectivity index (χ0) is 22.1. The fourth-order valence-corrected chi connectivity index (χ4v) is 7.97. The van der Waals surface area contributed by atoms with E-state index in [4.69, 9.17) is 0 Å². The molecule has 0 spiro atoms. The Bertz CT molecular complexity index is 716. The molecule has 0 radical (unpaired) electrons. The predicted octanol–water partition coefficient (Wildman–Crippen LogP) is 5.52. The van der Waals surface area contributed by atoms with E-state index < -0.39 is 0 Å². The van der Waals surface area contributed by atoms with Crippen molar-refractivity contribution in [2.24, 2.45) is 28.6 Å². The summed E-state index contributed by atoms with van der Waals surface area (Å²) in [6.07, 6.45) is 17.7. The van der Waals surface area contributed by atoms with Gasteiger partial charge in [0.05, 0.1) is 0 Å². The maximum absolute atomic E-state index is 13.3. The van der Waals surface area contributed by atoms with Crippen LogP contribution in [0.4, 0.5) is 0 Å². The highest BCUT2D eigenvalue weighted by Gasteiger charge is 2.60. The van der Waals surface area contributed by atoms with Crippen molar-refractivity contribution in [3.05, 3.63) is 11.6 Å². The van der Waals surface area contributed by atoms with E-state index in [1.807, 2.05) is 0 Å². The van der Waals surface area contributed by atoms with Gasteiger partial charge in [0.25, 0.3) is 0 Å². The fraction of sp³-hybridized carbons (Fsp3) is 0.852. The summed E-state index contributed by atoms with van der Waals surface area (Å²) in [6.45, 7) is 7.76. The van der Waals surface area contributed by atoms with Crippen LogP contribution in [0.25, 0.3) is 0 Å². The van der Waals surface area contributed by atoms with Crippen LogP contribution in [0.5, 0.6) is 0 Å². The number of unbranched alkanes of at least 4 members (excludes halogenated alkanes) is 5. The van der Waals surface area contributed by atoms with Crippen molar-refractivity contribution in [2.75, 3.05) is 6.54 Å². The van der Waals surface area contributed by atoms with Gasteiger partial charge in [-0.1, -0.05) is 59.3 Å². The van der Waals surface area contributed by atoms with E-state index in [-0.39, 0.29) is 23.3 Å². The van der Waals surface area contributed by atoms with Gasteiger partial charge in [-0.3, -0.25) is 9.59 Å². The highest BCUT2D eigenvalue weighted by atomic mass is 16.2. The Morgan fingerprint density at radius 3 is 2.61 bits per heavy atom. The highest BCUT2D eigenvalue weighted by molar-refractivity contribution is 6.03. The first-order valence-electron chi connectivity index (χ1n) is 13.2. The van der Waals surface area contributed by atoms with Crippen LogP contribution in [-0.4, -0.2) is 24.4 Å². The minimum Gasteiger partial charge on any atom is -0.352 e. The van der Waals surface area contributed by atoms with Crippen molar-refractivity contribution in [3.63, 3.8) is 0 Å². The van der Waals surface area contributed by atoms with Gasteiger partial charge in [-0.25, -0.2) is 0 Å². The molecule has 4 nitrogen and oxygen atoms in total. The van der Waals surface area contributed by atoms with E-state index in [2.05, 4.69) is 31.4 Å². The van der Waals surface area contributed by atoms with Gasteiger partial charge in [0.1, 0.15) is 0 Å². The Labute approximate surface area is 189 Å². The van der Waals surface area contributed by atoms with Crippen LogP contribution in [0.1, 0.15) is 104 Å². The molecule has 0 aromatic rings. The second-order valence-electron chi connectivity index (χ2n) is 11.5. The zero-order valence-corrected chi connectivity index (χ0v) is 20.1. The molecule has 3 saturated carbocycles. The average Bonchev–Trinajstić information content (AvgIpc) is 3.15. The lowest BCUT2D eigenvalue weighted by Gasteiger charge is -2.59. The Hall–Kier alpha value is -1.32. The molecule has 3 aliphatic carbocycles. The highest BCUT2D eigenvalue weighted by Crippen LogP contribution is 2.64. The maximum Gasteiger partial charge on any atom is 0.248 e. The van der Waals surface area contributed by atoms with Crippen LogP contribution >= 0.6 is 0 Å². The number of fused-ring (bicyclic) bond motifs is 5. The van der Waals surface area contributed by atoms with Gasteiger partial charge in [0.2, 0.25) is 11.8 Å². The molecule has 1 aliphatic heterocycles. The van der Waals surface area contributed by atoms with Gasteiger partial charge in [0, 0.05) is 29.7 Å². The van der Waals surface area contributed by atoms with Gasteiger partial charge in [-0.05, 0) is 68.1 Å². The first kappa shape index (κ1) is 22.9. The lowest BCUT2D eigenvalue weighted by molar-refractivity contribution is -0.128. The van der Waals surface area contributed by atoms with Crippen LogP contribution < -0.4 is 10.6 Å². The van der Waals surface area contributed by atoms with E-state index in [1.54, 1.807) is 6.08 Å². The van der Waals surface area contributed by atoms with E-state index in [1.165, 1.54) is 70.6 Å². The van der Waals surface area contributed by atoms with Gasteiger partial charge in [-0.2, -0.15) is 0 Å². The summed E-state index contributed by atoms with van der Waals surface area (Å²) in [5.41, 5.74) is 1.04. The summed E-state index contributed by atoms with van der Waals surface area (Å²) in [7, 11) is 0. The van der Waals surface area contributed by atoms with E-state index in [9.17, 15) is 9.59 Å². The molecule has 0 saturated heterocycles. The molecule has 1 heterocycles. The standard InChI is InChI=1S/C27H44N2O2/c1-4-5-6-7-8-9-17-28-25(31)22-18-24(30)29-23-13-12-19-20-11-10-15-26(20,2)16-14-21(19)27(22,23)3/h18-21,23H,4-17H2,1-3H3,(H,28,31)(H,29,30)/t19-,20-,21-,23+,26-,27-/m0/s1. The molecule has 4 rings (SSSR count). The lowest BCUT2D eigenvalue weighted by Crippen LogP contribution is -2.62. The summed E-state index contributed by atoms with van der Waals surface area (Å²) in [6, 6.07) is 0.104. The fourth-order valence-electron chi connectivity index (χ4n) is 7.97. The van der Waals surface area contributed by atoms with Gasteiger partial charge < -0.3 is 10.6 Å². The quantitative estimate of drug-likeness (QED) is 0.500. The maximum atomic E-state index is 13.3. The second-order valence-corrected chi connectivity index (χ2v) is 11.5. The SMILES string of the molecule is CCCCCCCCNC(=O)C1=CC(=O)N[C@@H]2CC[C@H]3[C@@H]4CCC[C@@]4(C)CC[C@@H]3[C@@]12C. The molecule has 0 bridgehead atoms. The third-order valence-corrected chi connectivity index (χ3v) is 9.73. The zero-order valence-electron chi connectivity index (χ0n) is 20.1. The van der Waals surface area contributed by atoms with Crippen LogP contribution in [0.2, 0.25) is 0 Å². The number of hydrogen-bond donors (Lipinski definition) is 2. The van der Waals surface area contributed by atoms with Crippen molar-refractivity contribution in [2.45, 2.75) is 110 Å². The minimum atomic E-state index is -0.230. The molecule has 0 unspecified atom stereocenters.